The lowest BCUT2D eigenvalue weighted by atomic mass is 10.1. The van der Waals surface area contributed by atoms with Gasteiger partial charge in [-0.3, -0.25) is 0 Å². The van der Waals surface area contributed by atoms with Gasteiger partial charge in [-0.1, -0.05) is 16.8 Å². The third kappa shape index (κ3) is 3.18. The summed E-state index contributed by atoms with van der Waals surface area (Å²) in [6, 6.07) is 5.86. The zero-order chi connectivity index (χ0) is 15.5. The second kappa shape index (κ2) is 6.54. The minimum atomic E-state index is 0.217. The van der Waals surface area contributed by atoms with E-state index in [1.54, 1.807) is 7.11 Å². The Morgan fingerprint density at radius 1 is 1.45 bits per heavy atom. The fourth-order valence-corrected chi connectivity index (χ4v) is 2.58. The summed E-state index contributed by atoms with van der Waals surface area (Å²) in [7, 11) is 1.65. The fraction of sp³-hybridized carbons (Fsp3) is 0.467. The van der Waals surface area contributed by atoms with Crippen LogP contribution >= 0.6 is 11.6 Å². The van der Waals surface area contributed by atoms with E-state index in [1.165, 1.54) is 0 Å². The summed E-state index contributed by atoms with van der Waals surface area (Å²) in [6.07, 6.45) is 0.619. The van der Waals surface area contributed by atoms with Crippen molar-refractivity contribution in [3.05, 3.63) is 34.9 Å². The molecule has 0 saturated carbocycles. The highest BCUT2D eigenvalue weighted by Gasteiger charge is 2.26. The molecule has 3 rings (SSSR count). The molecule has 0 radical (unpaired) electrons. The molecule has 0 N–H and O–H groups in total. The standard InChI is InChI=1S/C15H18ClN3O3/c1-10-9-21-13-7-11(16)3-4-12(13)19(10)8-14-17-15(22-18-14)5-6-20-2/h3-4,7,10H,5-6,8-9H2,1-2H3. The van der Waals surface area contributed by atoms with Crippen molar-refractivity contribution in [1.29, 1.82) is 0 Å². The van der Waals surface area contributed by atoms with Crippen molar-refractivity contribution in [1.82, 2.24) is 10.1 Å². The molecule has 1 aromatic carbocycles. The molecular weight excluding hydrogens is 306 g/mol. The highest BCUT2D eigenvalue weighted by molar-refractivity contribution is 6.30. The second-order valence-corrected chi connectivity index (χ2v) is 5.68. The Kier molecular flexibility index (Phi) is 4.49. The number of benzene rings is 1. The number of nitrogens with zero attached hydrogens (tertiary/aromatic N) is 3. The Hall–Kier alpha value is -1.79. The van der Waals surface area contributed by atoms with Crippen LogP contribution in [-0.4, -0.2) is 36.5 Å². The van der Waals surface area contributed by atoms with Crippen molar-refractivity contribution in [2.45, 2.75) is 25.9 Å². The number of methoxy groups -OCH3 is 1. The van der Waals surface area contributed by atoms with E-state index in [0.717, 1.165) is 11.4 Å². The van der Waals surface area contributed by atoms with Crippen LogP contribution in [0.4, 0.5) is 5.69 Å². The molecule has 0 fully saturated rings. The lowest BCUT2D eigenvalue weighted by molar-refractivity contribution is 0.192. The first-order chi connectivity index (χ1) is 10.7. The molecule has 1 atom stereocenters. The third-order valence-electron chi connectivity index (χ3n) is 3.59. The molecule has 2 heterocycles. The number of hydrogen-bond donors (Lipinski definition) is 0. The molecular formula is C15H18ClN3O3. The van der Waals surface area contributed by atoms with Crippen molar-refractivity contribution in [2.24, 2.45) is 0 Å². The van der Waals surface area contributed by atoms with Gasteiger partial charge in [0.15, 0.2) is 5.82 Å². The minimum absolute atomic E-state index is 0.217. The van der Waals surface area contributed by atoms with Crippen LogP contribution in [0.15, 0.2) is 22.7 Å². The SMILES string of the molecule is COCCc1nc(CN2c3ccc(Cl)cc3OCC2C)no1. The summed E-state index contributed by atoms with van der Waals surface area (Å²) in [6.45, 7) is 3.83. The maximum absolute atomic E-state index is 6.02. The molecule has 1 aliphatic rings. The number of anilines is 1. The smallest absolute Gasteiger partial charge is 0.229 e. The monoisotopic (exact) mass is 323 g/mol. The summed E-state index contributed by atoms with van der Waals surface area (Å²) in [5, 5.41) is 4.70. The molecule has 0 amide bonds. The highest BCUT2D eigenvalue weighted by Crippen LogP contribution is 2.36. The van der Waals surface area contributed by atoms with Crippen LogP contribution in [0.2, 0.25) is 5.02 Å². The average Bonchev–Trinajstić information content (AvgIpc) is 2.95. The number of rotatable bonds is 5. The van der Waals surface area contributed by atoms with Crippen molar-refractivity contribution in [3.63, 3.8) is 0 Å². The molecule has 6 nitrogen and oxygen atoms in total. The lowest BCUT2D eigenvalue weighted by Gasteiger charge is -2.36. The average molecular weight is 324 g/mol. The van der Waals surface area contributed by atoms with Gasteiger partial charge < -0.3 is 18.9 Å². The number of fused-ring (bicyclic) bond motifs is 1. The molecule has 0 bridgehead atoms. The predicted molar refractivity (Wildman–Crippen MR) is 82.5 cm³/mol. The van der Waals surface area contributed by atoms with Gasteiger partial charge in [0.25, 0.3) is 0 Å². The molecule has 22 heavy (non-hydrogen) atoms. The molecule has 7 heteroatoms. The first-order valence-corrected chi connectivity index (χ1v) is 7.54. The highest BCUT2D eigenvalue weighted by atomic mass is 35.5. The zero-order valence-electron chi connectivity index (χ0n) is 12.6. The van der Waals surface area contributed by atoms with Crippen molar-refractivity contribution >= 4 is 17.3 Å². The van der Waals surface area contributed by atoms with E-state index in [9.17, 15) is 0 Å². The van der Waals surface area contributed by atoms with Crippen molar-refractivity contribution < 1.29 is 14.0 Å². The van der Waals surface area contributed by atoms with Crippen molar-refractivity contribution in [2.75, 3.05) is 25.2 Å². The second-order valence-electron chi connectivity index (χ2n) is 5.25. The van der Waals surface area contributed by atoms with Crippen LogP contribution in [0.25, 0.3) is 0 Å². The maximum Gasteiger partial charge on any atom is 0.229 e. The summed E-state index contributed by atoms with van der Waals surface area (Å²) < 4.78 is 16.0. The Bertz CT molecular complexity index is 647. The molecule has 0 aliphatic carbocycles. The maximum atomic E-state index is 6.02. The van der Waals surface area contributed by atoms with Gasteiger partial charge in [-0.25, -0.2) is 0 Å². The van der Waals surface area contributed by atoms with Gasteiger partial charge in [0, 0.05) is 18.2 Å². The van der Waals surface area contributed by atoms with Gasteiger partial charge in [-0.15, -0.1) is 0 Å². The normalized spacial score (nSPS) is 17.2. The lowest BCUT2D eigenvalue weighted by Crippen LogP contribution is -2.40. The van der Waals surface area contributed by atoms with Gasteiger partial charge in [0.05, 0.1) is 31.3 Å². The van der Waals surface area contributed by atoms with E-state index < -0.39 is 0 Å². The minimum Gasteiger partial charge on any atom is -0.489 e. The Morgan fingerprint density at radius 2 is 2.32 bits per heavy atom. The van der Waals surface area contributed by atoms with Gasteiger partial charge in [-0.05, 0) is 19.1 Å². The van der Waals surface area contributed by atoms with Crippen LogP contribution in [0, 0.1) is 0 Å². The topological polar surface area (TPSA) is 60.6 Å². The molecule has 1 unspecified atom stereocenters. The third-order valence-corrected chi connectivity index (χ3v) is 3.82. The summed E-state index contributed by atoms with van der Waals surface area (Å²) in [5.74, 6) is 2.03. The molecule has 2 aromatic rings. The Morgan fingerprint density at radius 3 is 3.14 bits per heavy atom. The fourth-order valence-electron chi connectivity index (χ4n) is 2.42. The largest absolute Gasteiger partial charge is 0.489 e. The van der Waals surface area contributed by atoms with Crippen molar-refractivity contribution in [3.8, 4) is 5.75 Å². The molecule has 0 spiro atoms. The summed E-state index contributed by atoms with van der Waals surface area (Å²) >= 11 is 6.02. The van der Waals surface area contributed by atoms with E-state index >= 15 is 0 Å². The molecule has 0 saturated heterocycles. The number of aromatic nitrogens is 2. The molecule has 1 aromatic heterocycles. The van der Waals surface area contributed by atoms with Crippen LogP contribution in [-0.2, 0) is 17.7 Å². The first kappa shape index (κ1) is 15.1. The molecule has 1 aliphatic heterocycles. The molecule has 118 valence electrons. The van der Waals surface area contributed by atoms with Crippen LogP contribution in [0.1, 0.15) is 18.6 Å². The van der Waals surface area contributed by atoms with E-state index in [4.69, 9.17) is 25.6 Å². The number of ether oxygens (including phenoxy) is 2. The van der Waals surface area contributed by atoms with Gasteiger partial charge in [-0.2, -0.15) is 4.98 Å². The number of hydrogen-bond acceptors (Lipinski definition) is 6. The van der Waals surface area contributed by atoms with Gasteiger partial charge in [0.1, 0.15) is 12.4 Å². The van der Waals surface area contributed by atoms with E-state index in [2.05, 4.69) is 22.0 Å². The Labute approximate surface area is 134 Å². The number of halogens is 1. The van der Waals surface area contributed by atoms with Crippen LogP contribution in [0.5, 0.6) is 5.75 Å². The van der Waals surface area contributed by atoms with Gasteiger partial charge in [0.2, 0.25) is 5.89 Å². The van der Waals surface area contributed by atoms with Gasteiger partial charge >= 0.3 is 0 Å². The quantitative estimate of drug-likeness (QED) is 0.843. The zero-order valence-corrected chi connectivity index (χ0v) is 13.3. The van der Waals surface area contributed by atoms with E-state index in [1.807, 2.05) is 18.2 Å². The van der Waals surface area contributed by atoms with E-state index in [0.29, 0.717) is 42.9 Å². The Balaban J connectivity index is 1.78. The van der Waals surface area contributed by atoms with Crippen LogP contribution in [0.3, 0.4) is 0 Å². The first-order valence-electron chi connectivity index (χ1n) is 7.16. The summed E-state index contributed by atoms with van der Waals surface area (Å²) in [4.78, 5) is 6.60. The van der Waals surface area contributed by atoms with Crippen LogP contribution < -0.4 is 9.64 Å². The van der Waals surface area contributed by atoms with E-state index in [-0.39, 0.29) is 6.04 Å². The summed E-state index contributed by atoms with van der Waals surface area (Å²) in [5.41, 5.74) is 0.992. The predicted octanol–water partition coefficient (Wildman–Crippen LogP) is 2.70.